The Morgan fingerprint density at radius 3 is 2.31 bits per heavy atom. The van der Waals surface area contributed by atoms with Gasteiger partial charge in [0.15, 0.2) is 5.78 Å². The molecule has 0 aliphatic heterocycles. The zero-order valence-electron chi connectivity index (χ0n) is 10.2. The van der Waals surface area contributed by atoms with Crippen molar-refractivity contribution in [2.45, 2.75) is 27.2 Å². The topological polar surface area (TPSA) is 43.1 Å². The molecule has 1 unspecified atom stereocenters. The fraction of sp³-hybridized carbons (Fsp3) is 0.357. The second-order valence-electron chi connectivity index (χ2n) is 4.06. The first-order valence-corrected chi connectivity index (χ1v) is 5.63. The van der Waals surface area contributed by atoms with Crippen molar-refractivity contribution in [3.8, 4) is 0 Å². The highest BCUT2D eigenvalue weighted by Gasteiger charge is 2.16. The molecule has 0 heterocycles. The van der Waals surface area contributed by atoms with E-state index in [1.807, 2.05) is 37.3 Å². The average molecular weight is 217 g/mol. The summed E-state index contributed by atoms with van der Waals surface area (Å²) < 4.78 is 0. The van der Waals surface area contributed by atoms with Crippen molar-refractivity contribution in [1.82, 2.24) is 0 Å². The van der Waals surface area contributed by atoms with Gasteiger partial charge in [-0.05, 0) is 24.8 Å². The van der Waals surface area contributed by atoms with Gasteiger partial charge in [-0.15, -0.1) is 0 Å². The summed E-state index contributed by atoms with van der Waals surface area (Å²) in [6, 6.07) is 9.65. The number of benzene rings is 1. The van der Waals surface area contributed by atoms with Crippen molar-refractivity contribution in [2.75, 3.05) is 0 Å². The normalized spacial score (nSPS) is 14.2. The third-order valence-corrected chi connectivity index (χ3v) is 2.86. The first kappa shape index (κ1) is 12.5. The van der Waals surface area contributed by atoms with Crippen molar-refractivity contribution < 1.29 is 4.79 Å². The second kappa shape index (κ2) is 5.50. The largest absolute Gasteiger partial charge is 0.398 e. The third kappa shape index (κ3) is 2.72. The number of carbonyl (C=O) groups excluding carboxylic acids is 1. The Kier molecular flexibility index (Phi) is 4.29. The molecule has 0 aromatic heterocycles. The lowest BCUT2D eigenvalue weighted by atomic mass is 9.91. The summed E-state index contributed by atoms with van der Waals surface area (Å²) in [4.78, 5) is 11.6. The minimum atomic E-state index is 0.0655. The minimum Gasteiger partial charge on any atom is -0.398 e. The third-order valence-electron chi connectivity index (χ3n) is 2.86. The van der Waals surface area contributed by atoms with E-state index in [0.717, 1.165) is 17.6 Å². The molecule has 1 rings (SSSR count). The van der Waals surface area contributed by atoms with Gasteiger partial charge in [-0.2, -0.15) is 0 Å². The van der Waals surface area contributed by atoms with E-state index in [4.69, 9.17) is 5.73 Å². The Morgan fingerprint density at radius 1 is 1.31 bits per heavy atom. The molecule has 0 radical (unpaired) electrons. The second-order valence-corrected chi connectivity index (χ2v) is 4.06. The predicted octanol–water partition coefficient (Wildman–Crippen LogP) is 2.99. The molecule has 16 heavy (non-hydrogen) atoms. The molecule has 1 aromatic rings. The lowest BCUT2D eigenvalue weighted by Gasteiger charge is -2.15. The maximum atomic E-state index is 11.6. The van der Waals surface area contributed by atoms with Gasteiger partial charge in [-0.3, -0.25) is 4.79 Å². The number of nitrogens with two attached hydrogens (primary N) is 1. The summed E-state index contributed by atoms with van der Waals surface area (Å²) >= 11 is 0. The smallest absolute Gasteiger partial charge is 0.158 e. The van der Waals surface area contributed by atoms with Gasteiger partial charge in [0.1, 0.15) is 0 Å². The fourth-order valence-corrected chi connectivity index (χ4v) is 1.78. The molecule has 2 nitrogen and oxygen atoms in total. The number of ketones is 1. The van der Waals surface area contributed by atoms with Crippen molar-refractivity contribution in [3.05, 3.63) is 41.5 Å². The lowest BCUT2D eigenvalue weighted by molar-refractivity contribution is -0.114. The number of hydrogen-bond acceptors (Lipinski definition) is 2. The molecular formula is C14H19NO. The van der Waals surface area contributed by atoms with Gasteiger partial charge in [-0.1, -0.05) is 44.2 Å². The fourth-order valence-electron chi connectivity index (χ4n) is 1.78. The van der Waals surface area contributed by atoms with Crippen LogP contribution in [0.4, 0.5) is 0 Å². The van der Waals surface area contributed by atoms with E-state index in [-0.39, 0.29) is 11.7 Å². The molecule has 0 saturated heterocycles. The zero-order chi connectivity index (χ0) is 12.1. The van der Waals surface area contributed by atoms with E-state index >= 15 is 0 Å². The molecule has 0 fully saturated rings. The molecule has 0 spiro atoms. The maximum Gasteiger partial charge on any atom is 0.158 e. The van der Waals surface area contributed by atoms with Crippen LogP contribution in [-0.4, -0.2) is 5.78 Å². The predicted molar refractivity (Wildman–Crippen MR) is 67.7 cm³/mol. The summed E-state index contributed by atoms with van der Waals surface area (Å²) in [5, 5.41) is 0. The monoisotopic (exact) mass is 217 g/mol. The van der Waals surface area contributed by atoms with Gasteiger partial charge in [0.2, 0.25) is 0 Å². The molecule has 1 aromatic carbocycles. The molecular weight excluding hydrogens is 198 g/mol. The van der Waals surface area contributed by atoms with Gasteiger partial charge in [-0.25, -0.2) is 0 Å². The van der Waals surface area contributed by atoms with Crippen LogP contribution in [-0.2, 0) is 4.79 Å². The summed E-state index contributed by atoms with van der Waals surface area (Å²) in [5.41, 5.74) is 8.36. The molecule has 0 aliphatic rings. The Balaban J connectivity index is 3.22. The maximum absolute atomic E-state index is 11.6. The number of Topliss-reactive ketones (excluding diaryl/α,β-unsaturated/α-hetero) is 1. The number of carbonyl (C=O) groups is 1. The van der Waals surface area contributed by atoms with Crippen LogP contribution in [0.5, 0.6) is 0 Å². The van der Waals surface area contributed by atoms with E-state index in [1.165, 1.54) is 0 Å². The Hall–Kier alpha value is -1.57. The van der Waals surface area contributed by atoms with E-state index in [0.29, 0.717) is 5.70 Å². The molecule has 0 bridgehead atoms. The van der Waals surface area contributed by atoms with Crippen molar-refractivity contribution in [2.24, 2.45) is 11.7 Å². The number of rotatable bonds is 4. The standard InChI is InChI=1S/C14H19NO/c1-4-10(2)13(11(3)16)14(15)12-8-6-5-7-9-12/h5-10H,4,15H2,1-3H3/b14-13-. The summed E-state index contributed by atoms with van der Waals surface area (Å²) in [5.74, 6) is 0.272. The van der Waals surface area contributed by atoms with Crippen molar-refractivity contribution in [3.63, 3.8) is 0 Å². The van der Waals surface area contributed by atoms with Crippen molar-refractivity contribution >= 4 is 11.5 Å². The number of hydrogen-bond donors (Lipinski definition) is 1. The van der Waals surface area contributed by atoms with E-state index in [2.05, 4.69) is 6.92 Å². The molecule has 2 heteroatoms. The highest BCUT2D eigenvalue weighted by molar-refractivity contribution is 6.00. The zero-order valence-corrected chi connectivity index (χ0v) is 10.2. The van der Waals surface area contributed by atoms with Gasteiger partial charge >= 0.3 is 0 Å². The van der Waals surface area contributed by atoms with Crippen LogP contribution < -0.4 is 5.73 Å². The first-order valence-electron chi connectivity index (χ1n) is 5.63. The summed E-state index contributed by atoms with van der Waals surface area (Å²) in [7, 11) is 0. The molecule has 2 N–H and O–H groups in total. The summed E-state index contributed by atoms with van der Waals surface area (Å²) in [6.07, 6.45) is 0.919. The first-order chi connectivity index (χ1) is 7.57. The molecule has 86 valence electrons. The van der Waals surface area contributed by atoms with Crippen LogP contribution in [0.15, 0.2) is 35.9 Å². The highest BCUT2D eigenvalue weighted by atomic mass is 16.1. The molecule has 0 amide bonds. The van der Waals surface area contributed by atoms with Crippen LogP contribution in [0.25, 0.3) is 5.70 Å². The quantitative estimate of drug-likeness (QED) is 0.788. The lowest BCUT2D eigenvalue weighted by Crippen LogP contribution is -2.14. The van der Waals surface area contributed by atoms with E-state index in [9.17, 15) is 4.79 Å². The molecule has 0 aliphatic carbocycles. The Morgan fingerprint density at radius 2 is 1.88 bits per heavy atom. The van der Waals surface area contributed by atoms with Crippen LogP contribution >= 0.6 is 0 Å². The highest BCUT2D eigenvalue weighted by Crippen LogP contribution is 2.22. The van der Waals surface area contributed by atoms with Gasteiger partial charge in [0.25, 0.3) is 0 Å². The summed E-state index contributed by atoms with van der Waals surface area (Å²) in [6.45, 7) is 5.68. The van der Waals surface area contributed by atoms with Gasteiger partial charge < -0.3 is 5.73 Å². The van der Waals surface area contributed by atoms with Gasteiger partial charge in [0, 0.05) is 11.3 Å². The van der Waals surface area contributed by atoms with E-state index in [1.54, 1.807) is 6.92 Å². The Bertz CT molecular complexity index is 392. The SMILES string of the molecule is CCC(C)/C(C(C)=O)=C(/N)c1ccccc1. The Labute approximate surface area is 97.2 Å². The van der Waals surface area contributed by atoms with Crippen LogP contribution in [0.1, 0.15) is 32.8 Å². The minimum absolute atomic E-state index is 0.0655. The molecule has 1 atom stereocenters. The van der Waals surface area contributed by atoms with E-state index < -0.39 is 0 Å². The van der Waals surface area contributed by atoms with Crippen LogP contribution in [0.3, 0.4) is 0 Å². The van der Waals surface area contributed by atoms with Crippen molar-refractivity contribution in [1.29, 1.82) is 0 Å². The van der Waals surface area contributed by atoms with Crippen LogP contribution in [0, 0.1) is 5.92 Å². The average Bonchev–Trinajstić information content (AvgIpc) is 2.29. The van der Waals surface area contributed by atoms with Gasteiger partial charge in [0.05, 0.1) is 0 Å². The molecule has 0 saturated carbocycles. The van der Waals surface area contributed by atoms with Crippen LogP contribution in [0.2, 0.25) is 0 Å². The number of allylic oxidation sites excluding steroid dienone is 1.